The Morgan fingerprint density at radius 2 is 1.81 bits per heavy atom. The number of imide groups is 2. The first-order valence-corrected chi connectivity index (χ1v) is 7.47. The van der Waals surface area contributed by atoms with Gasteiger partial charge in [-0.3, -0.25) is 19.8 Å². The number of carbonyl (C=O) groups excluding carboxylic acids is 4. The Kier molecular flexibility index (Phi) is 5.19. The minimum Gasteiger partial charge on any atom is -0.338 e. The van der Waals surface area contributed by atoms with Crippen LogP contribution in [0.4, 0.5) is 22.8 Å². The number of halogens is 3. The molecule has 2 rings (SSSR count). The molecule has 1 unspecified atom stereocenters. The van der Waals surface area contributed by atoms with Crippen molar-refractivity contribution >= 4 is 23.9 Å². The van der Waals surface area contributed by atoms with Crippen LogP contribution in [0.2, 0.25) is 0 Å². The zero-order chi connectivity index (χ0) is 19.5. The molecule has 1 aromatic carbocycles. The number of urea groups is 2. The third-order valence-electron chi connectivity index (χ3n) is 3.63. The fraction of sp³-hybridized carbons (Fsp3) is 0.333. The number of amides is 6. The molecule has 1 saturated heterocycles. The molecule has 1 fully saturated rings. The van der Waals surface area contributed by atoms with E-state index < -0.39 is 47.7 Å². The minimum atomic E-state index is -5.15. The SMILES string of the molecule is CCNC(=O)NC(=O)CN1C(=O)NC(c2ccccc2)(C(F)(F)F)C1=O. The fourth-order valence-electron chi connectivity index (χ4n) is 2.47. The molecule has 1 aliphatic heterocycles. The van der Waals surface area contributed by atoms with Crippen LogP contribution in [0.1, 0.15) is 12.5 Å². The molecule has 1 heterocycles. The number of benzene rings is 1. The average molecular weight is 372 g/mol. The summed E-state index contributed by atoms with van der Waals surface area (Å²) in [6.07, 6.45) is -5.15. The molecule has 0 radical (unpaired) electrons. The first kappa shape index (κ1) is 19.2. The minimum absolute atomic E-state index is 0.120. The van der Waals surface area contributed by atoms with Crippen molar-refractivity contribution in [2.45, 2.75) is 18.6 Å². The maximum Gasteiger partial charge on any atom is 0.425 e. The Morgan fingerprint density at radius 3 is 2.35 bits per heavy atom. The van der Waals surface area contributed by atoms with Crippen molar-refractivity contribution < 1.29 is 32.3 Å². The second kappa shape index (κ2) is 7.02. The Balaban J connectivity index is 2.30. The predicted octanol–water partition coefficient (Wildman–Crippen LogP) is 0.842. The highest BCUT2D eigenvalue weighted by molar-refractivity contribution is 6.10. The molecule has 6 amide bonds. The number of carbonyl (C=O) groups is 4. The molecule has 0 saturated carbocycles. The second-order valence-electron chi connectivity index (χ2n) is 5.34. The highest BCUT2D eigenvalue weighted by atomic mass is 19.4. The summed E-state index contributed by atoms with van der Waals surface area (Å²) in [7, 11) is 0. The molecule has 0 bridgehead atoms. The number of nitrogens with one attached hydrogen (secondary N) is 3. The molecule has 1 aliphatic rings. The van der Waals surface area contributed by atoms with Crippen molar-refractivity contribution in [2.75, 3.05) is 13.1 Å². The fourth-order valence-corrected chi connectivity index (χ4v) is 2.47. The quantitative estimate of drug-likeness (QED) is 0.681. The Morgan fingerprint density at radius 1 is 1.19 bits per heavy atom. The van der Waals surface area contributed by atoms with E-state index in [1.54, 1.807) is 12.2 Å². The summed E-state index contributed by atoms with van der Waals surface area (Å²) in [6, 6.07) is 3.83. The van der Waals surface area contributed by atoms with Crippen LogP contribution in [-0.4, -0.2) is 48.0 Å². The van der Waals surface area contributed by atoms with E-state index in [1.807, 2.05) is 5.32 Å². The van der Waals surface area contributed by atoms with Gasteiger partial charge in [-0.05, 0) is 12.5 Å². The summed E-state index contributed by atoms with van der Waals surface area (Å²) in [6.45, 7) is 0.749. The van der Waals surface area contributed by atoms with Crippen LogP contribution < -0.4 is 16.0 Å². The second-order valence-corrected chi connectivity index (χ2v) is 5.34. The normalized spacial score (nSPS) is 19.9. The van der Waals surface area contributed by atoms with Gasteiger partial charge in [0.05, 0.1) is 0 Å². The molecule has 8 nitrogen and oxygen atoms in total. The van der Waals surface area contributed by atoms with Gasteiger partial charge in [0.1, 0.15) is 6.54 Å². The Hall–Kier alpha value is -3.11. The van der Waals surface area contributed by atoms with Crippen molar-refractivity contribution in [3.05, 3.63) is 35.9 Å². The average Bonchev–Trinajstić information content (AvgIpc) is 2.81. The van der Waals surface area contributed by atoms with Crippen LogP contribution in [-0.2, 0) is 15.1 Å². The first-order valence-electron chi connectivity index (χ1n) is 7.47. The zero-order valence-electron chi connectivity index (χ0n) is 13.5. The standard InChI is InChI=1S/C15H15F3N4O4/c1-2-19-12(25)20-10(23)8-22-11(24)14(15(16,17)18,21-13(22)26)9-6-4-3-5-7-9/h3-7H,2,8H2,1H3,(H,21,26)(H2,19,20,23,25). The maximum atomic E-state index is 13.7. The van der Waals surface area contributed by atoms with E-state index in [4.69, 9.17) is 0 Å². The Bertz CT molecular complexity index is 738. The monoisotopic (exact) mass is 372 g/mol. The molecular formula is C15H15F3N4O4. The molecule has 0 aromatic heterocycles. The lowest BCUT2D eigenvalue weighted by Crippen LogP contribution is -2.56. The summed E-state index contributed by atoms with van der Waals surface area (Å²) in [5.41, 5.74) is -3.78. The number of hydrogen-bond donors (Lipinski definition) is 3. The summed E-state index contributed by atoms with van der Waals surface area (Å²) in [5.74, 6) is -2.75. The van der Waals surface area contributed by atoms with Gasteiger partial charge in [-0.2, -0.15) is 13.2 Å². The van der Waals surface area contributed by atoms with Gasteiger partial charge in [-0.1, -0.05) is 30.3 Å². The summed E-state index contributed by atoms with van der Waals surface area (Å²) in [4.78, 5) is 47.6. The van der Waals surface area contributed by atoms with Crippen molar-refractivity contribution in [2.24, 2.45) is 0 Å². The lowest BCUT2D eigenvalue weighted by molar-refractivity contribution is -0.198. The van der Waals surface area contributed by atoms with Crippen LogP contribution in [0.3, 0.4) is 0 Å². The third-order valence-corrected chi connectivity index (χ3v) is 3.63. The topological polar surface area (TPSA) is 108 Å². The van der Waals surface area contributed by atoms with Crippen LogP contribution in [0.25, 0.3) is 0 Å². The summed E-state index contributed by atoms with van der Waals surface area (Å²) in [5, 5.41) is 5.69. The van der Waals surface area contributed by atoms with E-state index in [9.17, 15) is 32.3 Å². The molecule has 26 heavy (non-hydrogen) atoms. The number of nitrogens with zero attached hydrogens (tertiary/aromatic N) is 1. The molecule has 11 heteroatoms. The van der Waals surface area contributed by atoms with Gasteiger partial charge in [0.15, 0.2) is 0 Å². The lowest BCUT2D eigenvalue weighted by atomic mass is 9.89. The van der Waals surface area contributed by atoms with Crippen LogP contribution in [0.15, 0.2) is 30.3 Å². The molecule has 1 atom stereocenters. The smallest absolute Gasteiger partial charge is 0.338 e. The molecular weight excluding hydrogens is 357 g/mol. The number of hydrogen-bond acceptors (Lipinski definition) is 4. The highest BCUT2D eigenvalue weighted by Crippen LogP contribution is 2.43. The largest absolute Gasteiger partial charge is 0.425 e. The van der Waals surface area contributed by atoms with Crippen molar-refractivity contribution in [3.63, 3.8) is 0 Å². The molecule has 140 valence electrons. The van der Waals surface area contributed by atoms with E-state index in [0.29, 0.717) is 0 Å². The van der Waals surface area contributed by atoms with Gasteiger partial charge in [0.2, 0.25) is 11.4 Å². The summed E-state index contributed by atoms with van der Waals surface area (Å²) >= 11 is 0. The van der Waals surface area contributed by atoms with E-state index in [2.05, 4.69) is 5.32 Å². The van der Waals surface area contributed by atoms with E-state index >= 15 is 0 Å². The van der Waals surface area contributed by atoms with Gasteiger partial charge in [-0.15, -0.1) is 0 Å². The van der Waals surface area contributed by atoms with Crippen LogP contribution in [0, 0.1) is 0 Å². The van der Waals surface area contributed by atoms with Gasteiger partial charge >= 0.3 is 18.2 Å². The number of alkyl halides is 3. The van der Waals surface area contributed by atoms with E-state index in [0.717, 1.165) is 12.1 Å². The van der Waals surface area contributed by atoms with Gasteiger partial charge < -0.3 is 10.6 Å². The van der Waals surface area contributed by atoms with Crippen molar-refractivity contribution in [1.29, 1.82) is 0 Å². The van der Waals surface area contributed by atoms with Crippen molar-refractivity contribution in [1.82, 2.24) is 20.9 Å². The maximum absolute atomic E-state index is 13.7. The van der Waals surface area contributed by atoms with E-state index in [1.165, 1.54) is 18.2 Å². The molecule has 3 N–H and O–H groups in total. The third kappa shape index (κ3) is 3.32. The van der Waals surface area contributed by atoms with Crippen LogP contribution in [0.5, 0.6) is 0 Å². The highest BCUT2D eigenvalue weighted by Gasteiger charge is 2.68. The summed E-state index contributed by atoms with van der Waals surface area (Å²) < 4.78 is 41.2. The van der Waals surface area contributed by atoms with Gasteiger partial charge in [-0.25, -0.2) is 9.59 Å². The predicted molar refractivity (Wildman–Crippen MR) is 81.6 cm³/mol. The molecule has 0 aliphatic carbocycles. The Labute approximate surface area is 145 Å². The van der Waals surface area contributed by atoms with Gasteiger partial charge in [0.25, 0.3) is 5.91 Å². The van der Waals surface area contributed by atoms with Gasteiger partial charge in [0, 0.05) is 6.54 Å². The lowest BCUT2D eigenvalue weighted by Gasteiger charge is -2.29. The molecule has 1 aromatic rings. The van der Waals surface area contributed by atoms with Crippen molar-refractivity contribution in [3.8, 4) is 0 Å². The first-order chi connectivity index (χ1) is 12.1. The molecule has 0 spiro atoms. The van der Waals surface area contributed by atoms with E-state index in [-0.39, 0.29) is 11.4 Å². The van der Waals surface area contributed by atoms with Crippen LogP contribution >= 0.6 is 0 Å². The zero-order valence-corrected chi connectivity index (χ0v) is 13.5. The number of rotatable bonds is 4.